The average molecular weight is 401 g/mol. The van der Waals surface area contributed by atoms with Gasteiger partial charge in [-0.15, -0.1) is 0 Å². The van der Waals surface area contributed by atoms with Crippen LogP contribution < -0.4 is 10.1 Å². The van der Waals surface area contributed by atoms with E-state index in [1.54, 1.807) is 45.9 Å². The monoisotopic (exact) mass is 401 g/mol. The molecular formula is C21H23NO5S. The molecule has 28 heavy (non-hydrogen) atoms. The second-order valence-corrected chi connectivity index (χ2v) is 9.12. The Balaban J connectivity index is 2.48. The van der Waals surface area contributed by atoms with Crippen LogP contribution in [0.25, 0.3) is 0 Å². The van der Waals surface area contributed by atoms with Gasteiger partial charge in [0.05, 0.1) is 4.90 Å². The first kappa shape index (κ1) is 21.5. The summed E-state index contributed by atoms with van der Waals surface area (Å²) in [7, 11) is -3.96. The molecule has 0 bridgehead atoms. The van der Waals surface area contributed by atoms with Gasteiger partial charge in [0.2, 0.25) is 9.84 Å². The van der Waals surface area contributed by atoms with E-state index < -0.39 is 21.5 Å². The van der Waals surface area contributed by atoms with Crippen LogP contribution in [0.4, 0.5) is 4.79 Å². The normalized spacial score (nSPS) is 11.3. The van der Waals surface area contributed by atoms with Gasteiger partial charge in [-0.05, 0) is 63.6 Å². The standard InChI is InChI=1S/C21H23NO5S/c1-15-10-11-18(27-20(24)22-21(2,3)4)19(13-15)28(25,26)17-9-5-7-16(14-17)8-6-12-23/h5,7,9-11,13-14,23H,12H2,1-4H3,(H,22,24). The third-order valence-corrected chi connectivity index (χ3v) is 5.30. The minimum atomic E-state index is -3.96. The first-order chi connectivity index (χ1) is 13.0. The lowest BCUT2D eigenvalue weighted by molar-refractivity contribution is 0.189. The zero-order valence-electron chi connectivity index (χ0n) is 16.2. The van der Waals surface area contributed by atoms with Crippen molar-refractivity contribution in [3.05, 3.63) is 53.6 Å². The maximum Gasteiger partial charge on any atom is 0.413 e. The van der Waals surface area contributed by atoms with E-state index in [2.05, 4.69) is 17.2 Å². The summed E-state index contributed by atoms with van der Waals surface area (Å²) < 4.78 is 31.7. The van der Waals surface area contributed by atoms with Gasteiger partial charge in [-0.1, -0.05) is 24.0 Å². The Hall–Kier alpha value is -2.82. The van der Waals surface area contributed by atoms with Gasteiger partial charge in [0.15, 0.2) is 5.75 Å². The lowest BCUT2D eigenvalue weighted by atomic mass is 10.1. The van der Waals surface area contributed by atoms with E-state index >= 15 is 0 Å². The number of carbonyl (C=O) groups is 1. The first-order valence-electron chi connectivity index (χ1n) is 8.58. The van der Waals surface area contributed by atoms with E-state index in [0.717, 1.165) is 0 Å². The zero-order chi connectivity index (χ0) is 20.9. The number of hydrogen-bond acceptors (Lipinski definition) is 5. The topological polar surface area (TPSA) is 92.7 Å². The molecule has 0 aliphatic heterocycles. The van der Waals surface area contributed by atoms with Crippen molar-refractivity contribution >= 4 is 15.9 Å². The van der Waals surface area contributed by atoms with Crippen LogP contribution in [-0.2, 0) is 9.84 Å². The molecule has 2 aromatic rings. The Morgan fingerprint density at radius 3 is 2.54 bits per heavy atom. The molecule has 2 rings (SSSR count). The Kier molecular flexibility index (Phi) is 6.49. The van der Waals surface area contributed by atoms with Crippen LogP contribution >= 0.6 is 0 Å². The number of amides is 1. The number of carbonyl (C=O) groups excluding carboxylic acids is 1. The lowest BCUT2D eigenvalue weighted by Crippen LogP contribution is -2.42. The second kappa shape index (κ2) is 8.46. The van der Waals surface area contributed by atoms with Crippen molar-refractivity contribution in [3.63, 3.8) is 0 Å². The number of ether oxygens (including phenoxy) is 1. The number of aliphatic hydroxyl groups excluding tert-OH is 1. The molecule has 0 aliphatic carbocycles. The fraction of sp³-hybridized carbons (Fsp3) is 0.286. The number of nitrogens with one attached hydrogen (secondary N) is 1. The first-order valence-corrected chi connectivity index (χ1v) is 10.1. The van der Waals surface area contributed by atoms with Gasteiger partial charge in [0.25, 0.3) is 0 Å². The van der Waals surface area contributed by atoms with Crippen molar-refractivity contribution in [2.75, 3.05) is 6.61 Å². The molecule has 0 aromatic heterocycles. The van der Waals surface area contributed by atoms with Crippen molar-refractivity contribution in [1.29, 1.82) is 0 Å². The second-order valence-electron chi connectivity index (χ2n) is 7.21. The predicted molar refractivity (Wildman–Crippen MR) is 106 cm³/mol. The fourth-order valence-corrected chi connectivity index (χ4v) is 3.86. The third-order valence-electron chi connectivity index (χ3n) is 3.52. The number of aliphatic hydroxyl groups is 1. The van der Waals surface area contributed by atoms with Gasteiger partial charge in [-0.25, -0.2) is 13.2 Å². The van der Waals surface area contributed by atoms with E-state index in [9.17, 15) is 13.2 Å². The lowest BCUT2D eigenvalue weighted by Gasteiger charge is -2.20. The van der Waals surface area contributed by atoms with Crippen LogP contribution in [0.1, 0.15) is 31.9 Å². The van der Waals surface area contributed by atoms with Gasteiger partial charge < -0.3 is 15.2 Å². The van der Waals surface area contributed by atoms with Gasteiger partial charge in [0.1, 0.15) is 11.5 Å². The molecule has 6 nitrogen and oxygen atoms in total. The summed E-state index contributed by atoms with van der Waals surface area (Å²) in [6, 6.07) is 10.7. The highest BCUT2D eigenvalue weighted by molar-refractivity contribution is 7.91. The van der Waals surface area contributed by atoms with Gasteiger partial charge >= 0.3 is 6.09 Å². The van der Waals surface area contributed by atoms with E-state index in [4.69, 9.17) is 9.84 Å². The highest BCUT2D eigenvalue weighted by Gasteiger charge is 2.25. The van der Waals surface area contributed by atoms with E-state index in [-0.39, 0.29) is 22.1 Å². The summed E-state index contributed by atoms with van der Waals surface area (Å²) in [6.45, 7) is 6.80. The van der Waals surface area contributed by atoms with Crippen LogP contribution in [0, 0.1) is 18.8 Å². The summed E-state index contributed by atoms with van der Waals surface area (Å²) in [5, 5.41) is 11.5. The van der Waals surface area contributed by atoms with Crippen molar-refractivity contribution in [1.82, 2.24) is 5.32 Å². The molecule has 0 spiro atoms. The van der Waals surface area contributed by atoms with Crippen LogP contribution in [0.3, 0.4) is 0 Å². The van der Waals surface area contributed by atoms with E-state index in [0.29, 0.717) is 11.1 Å². The Bertz CT molecular complexity index is 1040. The maximum atomic E-state index is 13.2. The maximum absolute atomic E-state index is 13.2. The molecule has 1 amide bonds. The number of sulfone groups is 1. The molecule has 7 heteroatoms. The van der Waals surface area contributed by atoms with Crippen LogP contribution in [0.15, 0.2) is 52.3 Å². The zero-order valence-corrected chi connectivity index (χ0v) is 17.1. The number of rotatable bonds is 3. The average Bonchev–Trinajstić information content (AvgIpc) is 2.60. The fourth-order valence-electron chi connectivity index (χ4n) is 2.35. The van der Waals surface area contributed by atoms with Gasteiger partial charge in [-0.2, -0.15) is 0 Å². The van der Waals surface area contributed by atoms with Crippen molar-refractivity contribution < 1.29 is 23.1 Å². The smallest absolute Gasteiger partial charge is 0.409 e. The van der Waals surface area contributed by atoms with E-state index in [1.807, 2.05) is 0 Å². The number of benzene rings is 2. The molecule has 0 aliphatic rings. The highest BCUT2D eigenvalue weighted by atomic mass is 32.2. The molecule has 0 saturated carbocycles. The third kappa shape index (κ3) is 5.59. The Morgan fingerprint density at radius 2 is 1.89 bits per heavy atom. The minimum Gasteiger partial charge on any atom is -0.409 e. The molecule has 148 valence electrons. The molecule has 0 fully saturated rings. The molecule has 0 unspecified atom stereocenters. The van der Waals surface area contributed by atoms with Crippen molar-refractivity contribution in [2.45, 2.75) is 43.0 Å². The van der Waals surface area contributed by atoms with Gasteiger partial charge in [0, 0.05) is 11.1 Å². The molecule has 2 aromatic carbocycles. The summed E-state index contributed by atoms with van der Waals surface area (Å²) in [5.74, 6) is 5.11. The largest absolute Gasteiger partial charge is 0.413 e. The highest BCUT2D eigenvalue weighted by Crippen LogP contribution is 2.31. The van der Waals surface area contributed by atoms with Crippen LogP contribution in [0.5, 0.6) is 5.75 Å². The Labute approximate surface area is 165 Å². The molecule has 0 saturated heterocycles. The van der Waals surface area contributed by atoms with Crippen molar-refractivity contribution in [2.24, 2.45) is 0 Å². The SMILES string of the molecule is Cc1ccc(OC(=O)NC(C)(C)C)c(S(=O)(=O)c2cccc(C#CCO)c2)c1. The van der Waals surface area contributed by atoms with Crippen LogP contribution in [0.2, 0.25) is 0 Å². The molecule has 0 radical (unpaired) electrons. The van der Waals surface area contributed by atoms with Gasteiger partial charge in [-0.3, -0.25) is 0 Å². The predicted octanol–water partition coefficient (Wildman–Crippen LogP) is 3.06. The van der Waals surface area contributed by atoms with Crippen LogP contribution in [-0.4, -0.2) is 31.8 Å². The summed E-state index contributed by atoms with van der Waals surface area (Å²) in [5.41, 5.74) is 0.634. The molecule has 2 N–H and O–H groups in total. The molecule has 0 heterocycles. The molecule has 0 atom stereocenters. The molecular weight excluding hydrogens is 378 g/mol. The quantitative estimate of drug-likeness (QED) is 0.771. The van der Waals surface area contributed by atoms with E-state index in [1.165, 1.54) is 24.3 Å². The number of aryl methyl sites for hydroxylation is 1. The summed E-state index contributed by atoms with van der Waals surface area (Å²) >= 11 is 0. The summed E-state index contributed by atoms with van der Waals surface area (Å²) in [6.07, 6.45) is -0.740. The number of hydrogen-bond donors (Lipinski definition) is 2. The minimum absolute atomic E-state index is 0.0175. The summed E-state index contributed by atoms with van der Waals surface area (Å²) in [4.78, 5) is 12.0. The van der Waals surface area contributed by atoms with Crippen molar-refractivity contribution in [3.8, 4) is 17.6 Å². The Morgan fingerprint density at radius 1 is 1.18 bits per heavy atom.